The molecule has 0 amide bonds. The second-order valence-corrected chi connectivity index (χ2v) is 8.39. The molecule has 29 heavy (non-hydrogen) atoms. The molecule has 0 spiro atoms. The van der Waals surface area contributed by atoms with Gasteiger partial charge >= 0.3 is 0 Å². The van der Waals surface area contributed by atoms with Crippen LogP contribution in [-0.4, -0.2) is 6.61 Å². The standard InChI is InChI=1S/C22H19BrCl3NO2/c1-2-28-21-10-14(12-27-18-7-4-16(23)5-8-18)9-20(26)22(21)29-13-15-3-6-17(24)11-19(15)25/h3-11,27H,2,12-13H2,1H3. The van der Waals surface area contributed by atoms with E-state index in [1.807, 2.05) is 49.4 Å². The molecule has 7 heteroatoms. The van der Waals surface area contributed by atoms with E-state index in [-0.39, 0.29) is 6.61 Å². The molecule has 0 radical (unpaired) electrons. The fourth-order valence-electron chi connectivity index (χ4n) is 2.69. The molecule has 3 nitrogen and oxygen atoms in total. The summed E-state index contributed by atoms with van der Waals surface area (Å²) < 4.78 is 12.7. The van der Waals surface area contributed by atoms with Gasteiger partial charge in [-0.25, -0.2) is 0 Å². The highest BCUT2D eigenvalue weighted by Crippen LogP contribution is 2.38. The van der Waals surface area contributed by atoms with E-state index in [1.54, 1.807) is 12.1 Å². The Morgan fingerprint density at radius 2 is 1.66 bits per heavy atom. The second kappa shape index (κ2) is 10.4. The summed E-state index contributed by atoms with van der Waals surface area (Å²) in [5, 5.41) is 4.97. The van der Waals surface area contributed by atoms with Gasteiger partial charge < -0.3 is 14.8 Å². The van der Waals surface area contributed by atoms with E-state index in [4.69, 9.17) is 44.3 Å². The van der Waals surface area contributed by atoms with Gasteiger partial charge in [0.15, 0.2) is 11.5 Å². The third-order valence-corrected chi connectivity index (χ3v) is 5.49. The number of hydrogen-bond donors (Lipinski definition) is 1. The number of halogens is 4. The van der Waals surface area contributed by atoms with Crippen molar-refractivity contribution in [2.75, 3.05) is 11.9 Å². The fourth-order valence-corrected chi connectivity index (χ4v) is 3.70. The molecule has 0 aromatic heterocycles. The van der Waals surface area contributed by atoms with Gasteiger partial charge in [-0.1, -0.05) is 56.8 Å². The first-order chi connectivity index (χ1) is 14.0. The van der Waals surface area contributed by atoms with Crippen LogP contribution in [0, 0.1) is 0 Å². The molecule has 0 aliphatic heterocycles. The van der Waals surface area contributed by atoms with E-state index in [0.29, 0.717) is 39.7 Å². The lowest BCUT2D eigenvalue weighted by Gasteiger charge is -2.16. The topological polar surface area (TPSA) is 30.5 Å². The van der Waals surface area contributed by atoms with Gasteiger partial charge in [-0.15, -0.1) is 0 Å². The van der Waals surface area contributed by atoms with Gasteiger partial charge in [-0.05, 0) is 61.0 Å². The van der Waals surface area contributed by atoms with Crippen LogP contribution in [0.25, 0.3) is 0 Å². The molecule has 1 N–H and O–H groups in total. The van der Waals surface area contributed by atoms with Crippen molar-refractivity contribution in [1.29, 1.82) is 0 Å². The molecule has 0 saturated heterocycles. The molecule has 0 atom stereocenters. The molecule has 3 aromatic carbocycles. The summed E-state index contributed by atoms with van der Waals surface area (Å²) in [6.45, 7) is 3.27. The van der Waals surface area contributed by atoms with Gasteiger partial charge in [-0.3, -0.25) is 0 Å². The summed E-state index contributed by atoms with van der Waals surface area (Å²) >= 11 is 22.1. The Morgan fingerprint density at radius 3 is 2.34 bits per heavy atom. The fraction of sp³-hybridized carbons (Fsp3) is 0.182. The van der Waals surface area contributed by atoms with Crippen molar-refractivity contribution in [3.05, 3.63) is 85.3 Å². The lowest BCUT2D eigenvalue weighted by atomic mass is 10.2. The third-order valence-electron chi connectivity index (χ3n) is 4.10. The van der Waals surface area contributed by atoms with Crippen LogP contribution in [0.2, 0.25) is 15.1 Å². The minimum Gasteiger partial charge on any atom is -0.490 e. The maximum absolute atomic E-state index is 6.51. The normalized spacial score (nSPS) is 10.7. The Balaban J connectivity index is 1.75. The highest BCUT2D eigenvalue weighted by Gasteiger charge is 2.14. The number of rotatable bonds is 8. The molecule has 152 valence electrons. The summed E-state index contributed by atoms with van der Waals surface area (Å²) in [4.78, 5) is 0. The minimum atomic E-state index is 0.256. The first-order valence-electron chi connectivity index (χ1n) is 8.97. The monoisotopic (exact) mass is 513 g/mol. The molecule has 0 unspecified atom stereocenters. The predicted molar refractivity (Wildman–Crippen MR) is 125 cm³/mol. The van der Waals surface area contributed by atoms with E-state index in [2.05, 4.69) is 21.2 Å². The SMILES string of the molecule is CCOc1cc(CNc2ccc(Br)cc2)cc(Cl)c1OCc1ccc(Cl)cc1Cl. The smallest absolute Gasteiger partial charge is 0.180 e. The summed E-state index contributed by atoms with van der Waals surface area (Å²) in [6, 6.07) is 17.1. The lowest BCUT2D eigenvalue weighted by molar-refractivity contribution is 0.269. The van der Waals surface area contributed by atoms with Crippen LogP contribution in [0.1, 0.15) is 18.1 Å². The van der Waals surface area contributed by atoms with Crippen LogP contribution in [0.3, 0.4) is 0 Å². The quantitative estimate of drug-likeness (QED) is 0.330. The van der Waals surface area contributed by atoms with E-state index in [1.165, 1.54) is 0 Å². The van der Waals surface area contributed by atoms with Crippen molar-refractivity contribution in [2.45, 2.75) is 20.1 Å². The maximum atomic E-state index is 6.51. The molecule has 0 aliphatic carbocycles. The summed E-state index contributed by atoms with van der Waals surface area (Å²) in [7, 11) is 0. The minimum absolute atomic E-state index is 0.256. The third kappa shape index (κ3) is 6.19. The molecule has 3 aromatic rings. The zero-order chi connectivity index (χ0) is 20.8. The van der Waals surface area contributed by atoms with Gasteiger partial charge in [0, 0.05) is 32.3 Å². The van der Waals surface area contributed by atoms with Crippen LogP contribution in [-0.2, 0) is 13.2 Å². The van der Waals surface area contributed by atoms with Gasteiger partial charge in [0.2, 0.25) is 0 Å². The van der Waals surface area contributed by atoms with Crippen LogP contribution in [0.4, 0.5) is 5.69 Å². The number of ether oxygens (including phenoxy) is 2. The zero-order valence-corrected chi connectivity index (χ0v) is 19.5. The molecular formula is C22H19BrCl3NO2. The summed E-state index contributed by atoms with van der Waals surface area (Å²) in [5.74, 6) is 1.09. The molecule has 3 rings (SSSR count). The van der Waals surface area contributed by atoms with Crippen molar-refractivity contribution in [1.82, 2.24) is 0 Å². The highest BCUT2D eigenvalue weighted by atomic mass is 79.9. The number of benzene rings is 3. The number of anilines is 1. The predicted octanol–water partition coefficient (Wildman–Crippen LogP) is 8.00. The van der Waals surface area contributed by atoms with E-state index >= 15 is 0 Å². The Hall–Kier alpha value is -1.59. The zero-order valence-electron chi connectivity index (χ0n) is 15.6. The van der Waals surface area contributed by atoms with Crippen LogP contribution in [0.15, 0.2) is 59.1 Å². The summed E-state index contributed by atoms with van der Waals surface area (Å²) in [5.41, 5.74) is 2.81. The van der Waals surface area contributed by atoms with Crippen LogP contribution in [0.5, 0.6) is 11.5 Å². The average Bonchev–Trinajstić information content (AvgIpc) is 2.68. The first-order valence-corrected chi connectivity index (χ1v) is 10.9. The van der Waals surface area contributed by atoms with Gasteiger partial charge in [0.05, 0.1) is 11.6 Å². The van der Waals surface area contributed by atoms with Crippen LogP contribution >= 0.6 is 50.7 Å². The van der Waals surface area contributed by atoms with Gasteiger partial charge in [-0.2, -0.15) is 0 Å². The van der Waals surface area contributed by atoms with E-state index < -0.39 is 0 Å². The molecule has 0 bridgehead atoms. The van der Waals surface area contributed by atoms with E-state index in [0.717, 1.165) is 21.3 Å². The van der Waals surface area contributed by atoms with Gasteiger partial charge in [0.1, 0.15) is 6.61 Å². The Morgan fingerprint density at radius 1 is 0.897 bits per heavy atom. The second-order valence-electron chi connectivity index (χ2n) is 6.22. The van der Waals surface area contributed by atoms with Crippen molar-refractivity contribution >= 4 is 56.4 Å². The average molecular weight is 516 g/mol. The van der Waals surface area contributed by atoms with Gasteiger partial charge in [0.25, 0.3) is 0 Å². The highest BCUT2D eigenvalue weighted by molar-refractivity contribution is 9.10. The van der Waals surface area contributed by atoms with Crippen LogP contribution < -0.4 is 14.8 Å². The summed E-state index contributed by atoms with van der Waals surface area (Å²) in [6.07, 6.45) is 0. The van der Waals surface area contributed by atoms with Crippen molar-refractivity contribution in [3.8, 4) is 11.5 Å². The van der Waals surface area contributed by atoms with Crippen molar-refractivity contribution < 1.29 is 9.47 Å². The van der Waals surface area contributed by atoms with Crippen molar-refractivity contribution in [2.24, 2.45) is 0 Å². The number of nitrogens with one attached hydrogen (secondary N) is 1. The molecule has 0 aliphatic rings. The number of hydrogen-bond acceptors (Lipinski definition) is 3. The van der Waals surface area contributed by atoms with Crippen molar-refractivity contribution in [3.63, 3.8) is 0 Å². The largest absolute Gasteiger partial charge is 0.490 e. The Bertz CT molecular complexity index is 981. The molecule has 0 heterocycles. The Kier molecular flexibility index (Phi) is 7.96. The maximum Gasteiger partial charge on any atom is 0.180 e. The first kappa shape index (κ1) is 22.1. The molecule has 0 fully saturated rings. The molecular weight excluding hydrogens is 497 g/mol. The Labute approximate surface area is 194 Å². The molecule has 0 saturated carbocycles. The van der Waals surface area contributed by atoms with E-state index in [9.17, 15) is 0 Å². The lowest BCUT2D eigenvalue weighted by Crippen LogP contribution is -2.04.